The van der Waals surface area contributed by atoms with Gasteiger partial charge in [0.05, 0.1) is 7.11 Å². The van der Waals surface area contributed by atoms with Crippen molar-refractivity contribution in [2.75, 3.05) is 12.4 Å². The fourth-order valence-corrected chi connectivity index (χ4v) is 3.24. The van der Waals surface area contributed by atoms with Gasteiger partial charge in [-0.3, -0.25) is 0 Å². The SMILES string of the molecule is COc1cccc(CNc2cc(Cl)cc(Cl)c2)c1OCc1ccc(C)cc1. The van der Waals surface area contributed by atoms with E-state index in [0.29, 0.717) is 28.9 Å². The van der Waals surface area contributed by atoms with Crippen molar-refractivity contribution in [1.29, 1.82) is 0 Å². The molecule has 0 amide bonds. The Bertz CT molecular complexity index is 890. The molecule has 3 rings (SSSR count). The van der Waals surface area contributed by atoms with Crippen LogP contribution in [-0.4, -0.2) is 7.11 Å². The van der Waals surface area contributed by atoms with Crippen molar-refractivity contribution >= 4 is 28.9 Å². The minimum absolute atomic E-state index is 0.469. The first kappa shape index (κ1) is 19.4. The van der Waals surface area contributed by atoms with Crippen LogP contribution < -0.4 is 14.8 Å². The first-order chi connectivity index (χ1) is 13.0. The zero-order chi connectivity index (χ0) is 19.2. The molecule has 5 heteroatoms. The van der Waals surface area contributed by atoms with Crippen LogP contribution in [0.3, 0.4) is 0 Å². The predicted molar refractivity (Wildman–Crippen MR) is 112 cm³/mol. The van der Waals surface area contributed by atoms with E-state index < -0.39 is 0 Å². The lowest BCUT2D eigenvalue weighted by atomic mass is 10.1. The number of rotatable bonds is 7. The molecule has 3 aromatic rings. The average Bonchev–Trinajstić information content (AvgIpc) is 2.65. The summed E-state index contributed by atoms with van der Waals surface area (Å²) in [5.74, 6) is 1.42. The van der Waals surface area contributed by atoms with Crippen LogP contribution in [0.25, 0.3) is 0 Å². The Morgan fingerprint density at radius 2 is 1.63 bits per heavy atom. The van der Waals surface area contributed by atoms with Crippen LogP contribution in [0.1, 0.15) is 16.7 Å². The smallest absolute Gasteiger partial charge is 0.166 e. The van der Waals surface area contributed by atoms with Crippen molar-refractivity contribution < 1.29 is 9.47 Å². The highest BCUT2D eigenvalue weighted by Crippen LogP contribution is 2.33. The van der Waals surface area contributed by atoms with Crippen LogP contribution in [-0.2, 0) is 13.2 Å². The Balaban J connectivity index is 1.77. The van der Waals surface area contributed by atoms with Gasteiger partial charge in [-0.25, -0.2) is 0 Å². The second-order valence-electron chi connectivity index (χ2n) is 6.23. The third kappa shape index (κ3) is 5.31. The van der Waals surface area contributed by atoms with Crippen LogP contribution in [0.15, 0.2) is 60.7 Å². The lowest BCUT2D eigenvalue weighted by Crippen LogP contribution is -2.05. The molecule has 1 N–H and O–H groups in total. The largest absolute Gasteiger partial charge is 0.493 e. The molecule has 0 unspecified atom stereocenters. The number of methoxy groups -OCH3 is 1. The summed E-state index contributed by atoms with van der Waals surface area (Å²) in [6.07, 6.45) is 0. The molecule has 0 saturated heterocycles. The highest BCUT2D eigenvalue weighted by atomic mass is 35.5. The van der Waals surface area contributed by atoms with Gasteiger partial charge < -0.3 is 14.8 Å². The first-order valence-electron chi connectivity index (χ1n) is 8.59. The summed E-state index contributed by atoms with van der Waals surface area (Å²) in [5, 5.41) is 4.51. The molecule has 0 aromatic heterocycles. The molecule has 0 spiro atoms. The van der Waals surface area contributed by atoms with E-state index in [4.69, 9.17) is 32.7 Å². The highest BCUT2D eigenvalue weighted by Gasteiger charge is 2.11. The van der Waals surface area contributed by atoms with Gasteiger partial charge in [-0.2, -0.15) is 0 Å². The normalized spacial score (nSPS) is 10.5. The molecule has 140 valence electrons. The number of hydrogen-bond donors (Lipinski definition) is 1. The Hall–Kier alpha value is -2.36. The number of aryl methyl sites for hydroxylation is 1. The van der Waals surface area contributed by atoms with Gasteiger partial charge in [0.1, 0.15) is 6.61 Å². The third-order valence-corrected chi connectivity index (χ3v) is 4.57. The lowest BCUT2D eigenvalue weighted by molar-refractivity contribution is 0.281. The van der Waals surface area contributed by atoms with E-state index in [9.17, 15) is 0 Å². The van der Waals surface area contributed by atoms with Crippen LogP contribution in [0.4, 0.5) is 5.69 Å². The lowest BCUT2D eigenvalue weighted by Gasteiger charge is -2.16. The molecule has 3 aromatic carbocycles. The monoisotopic (exact) mass is 401 g/mol. The second-order valence-corrected chi connectivity index (χ2v) is 7.11. The minimum Gasteiger partial charge on any atom is -0.493 e. The van der Waals surface area contributed by atoms with Crippen LogP contribution >= 0.6 is 23.2 Å². The van der Waals surface area contributed by atoms with E-state index in [0.717, 1.165) is 22.6 Å². The van der Waals surface area contributed by atoms with Gasteiger partial charge in [0.2, 0.25) is 0 Å². The van der Waals surface area contributed by atoms with Crippen molar-refractivity contribution in [2.45, 2.75) is 20.1 Å². The van der Waals surface area contributed by atoms with Gasteiger partial charge in [0.15, 0.2) is 11.5 Å². The molecular weight excluding hydrogens is 381 g/mol. The van der Waals surface area contributed by atoms with E-state index in [1.165, 1.54) is 5.56 Å². The maximum absolute atomic E-state index is 6.10. The molecule has 0 saturated carbocycles. The molecule has 3 nitrogen and oxygen atoms in total. The predicted octanol–water partition coefficient (Wildman–Crippen LogP) is 6.50. The summed E-state index contributed by atoms with van der Waals surface area (Å²) in [6, 6.07) is 19.5. The highest BCUT2D eigenvalue weighted by molar-refractivity contribution is 6.35. The fourth-order valence-electron chi connectivity index (χ4n) is 2.72. The molecule has 27 heavy (non-hydrogen) atoms. The summed E-state index contributed by atoms with van der Waals surface area (Å²) in [4.78, 5) is 0. The Kier molecular flexibility index (Phi) is 6.49. The molecule has 0 heterocycles. The van der Waals surface area contributed by atoms with E-state index >= 15 is 0 Å². The summed E-state index contributed by atoms with van der Waals surface area (Å²) in [5.41, 5.74) is 4.16. The topological polar surface area (TPSA) is 30.5 Å². The van der Waals surface area contributed by atoms with Gasteiger partial charge >= 0.3 is 0 Å². The average molecular weight is 402 g/mol. The van der Waals surface area contributed by atoms with Crippen molar-refractivity contribution in [2.24, 2.45) is 0 Å². The van der Waals surface area contributed by atoms with Gasteiger partial charge in [0, 0.05) is 27.8 Å². The molecule has 0 aliphatic heterocycles. The molecule has 0 radical (unpaired) electrons. The summed E-state index contributed by atoms with van der Waals surface area (Å²) < 4.78 is 11.6. The van der Waals surface area contributed by atoms with Gasteiger partial charge in [-0.05, 0) is 36.8 Å². The number of halogens is 2. The maximum Gasteiger partial charge on any atom is 0.166 e. The number of benzene rings is 3. The molecular formula is C22H21Cl2NO2. The zero-order valence-electron chi connectivity index (χ0n) is 15.3. The molecule has 0 aliphatic carbocycles. The van der Waals surface area contributed by atoms with E-state index in [1.54, 1.807) is 13.2 Å². The first-order valence-corrected chi connectivity index (χ1v) is 9.35. The Morgan fingerprint density at radius 1 is 0.926 bits per heavy atom. The Labute approximate surface area is 169 Å². The van der Waals surface area contributed by atoms with Gasteiger partial charge in [-0.15, -0.1) is 0 Å². The van der Waals surface area contributed by atoms with Gasteiger partial charge in [-0.1, -0.05) is 65.2 Å². The number of ether oxygens (including phenoxy) is 2. The Morgan fingerprint density at radius 3 is 2.30 bits per heavy atom. The van der Waals surface area contributed by atoms with Crippen molar-refractivity contribution in [1.82, 2.24) is 0 Å². The molecule has 0 fully saturated rings. The summed E-state index contributed by atoms with van der Waals surface area (Å²) in [7, 11) is 1.64. The van der Waals surface area contributed by atoms with E-state index in [-0.39, 0.29) is 0 Å². The van der Waals surface area contributed by atoms with E-state index in [2.05, 4.69) is 36.5 Å². The zero-order valence-corrected chi connectivity index (χ0v) is 16.8. The maximum atomic E-state index is 6.10. The second kappa shape index (κ2) is 9.03. The van der Waals surface area contributed by atoms with Crippen molar-refractivity contribution in [3.05, 3.63) is 87.4 Å². The standard InChI is InChI=1S/C22H21Cl2NO2/c1-15-6-8-16(9-7-15)14-27-22-17(4-3-5-21(22)26-2)13-25-20-11-18(23)10-19(24)12-20/h3-12,25H,13-14H2,1-2H3. The number of para-hydroxylation sites is 1. The summed E-state index contributed by atoms with van der Waals surface area (Å²) >= 11 is 12.1. The van der Waals surface area contributed by atoms with Crippen LogP contribution in [0.2, 0.25) is 10.0 Å². The number of anilines is 1. The van der Waals surface area contributed by atoms with Crippen LogP contribution in [0.5, 0.6) is 11.5 Å². The fraction of sp³-hybridized carbons (Fsp3) is 0.182. The summed E-state index contributed by atoms with van der Waals surface area (Å²) in [6.45, 7) is 3.09. The number of hydrogen-bond acceptors (Lipinski definition) is 3. The minimum atomic E-state index is 0.469. The van der Waals surface area contributed by atoms with Crippen molar-refractivity contribution in [3.8, 4) is 11.5 Å². The van der Waals surface area contributed by atoms with E-state index in [1.807, 2.05) is 30.3 Å². The molecule has 0 aliphatic rings. The third-order valence-electron chi connectivity index (χ3n) is 4.13. The van der Waals surface area contributed by atoms with Crippen molar-refractivity contribution in [3.63, 3.8) is 0 Å². The molecule has 0 bridgehead atoms. The quantitative estimate of drug-likeness (QED) is 0.489. The van der Waals surface area contributed by atoms with Gasteiger partial charge in [0.25, 0.3) is 0 Å². The number of nitrogens with one attached hydrogen (secondary N) is 1. The molecule has 0 atom stereocenters. The van der Waals surface area contributed by atoms with Crippen LogP contribution in [0, 0.1) is 6.92 Å².